The number of hydrogen-bond donors (Lipinski definition) is 1. The monoisotopic (exact) mass is 262 g/mol. The van der Waals surface area contributed by atoms with E-state index in [0.717, 1.165) is 24.3 Å². The van der Waals surface area contributed by atoms with E-state index >= 15 is 0 Å². The molecule has 96 valence electrons. The van der Waals surface area contributed by atoms with Gasteiger partial charge >= 0.3 is 0 Å². The minimum atomic E-state index is -0.894. The molecule has 0 aromatic heterocycles. The molecule has 0 saturated carbocycles. The molecular weight excluding hydrogens is 253 g/mol. The Bertz CT molecular complexity index is 616. The van der Waals surface area contributed by atoms with E-state index < -0.39 is 17.6 Å². The molecule has 0 heterocycles. The third-order valence-corrected chi connectivity index (χ3v) is 2.41. The molecule has 2 nitrogen and oxygen atoms in total. The first-order chi connectivity index (χ1) is 9.06. The average Bonchev–Trinajstić information content (AvgIpc) is 2.40. The maximum Gasteiger partial charge on any atom is 0.222 e. The summed E-state index contributed by atoms with van der Waals surface area (Å²) in [6.45, 7) is 0. The number of halogens is 3. The lowest BCUT2D eigenvalue weighted by molar-refractivity contribution is 0.627. The number of benzene rings is 2. The maximum atomic E-state index is 13.7. The van der Waals surface area contributed by atoms with E-state index in [2.05, 4.69) is 4.99 Å². The van der Waals surface area contributed by atoms with Crippen molar-refractivity contribution in [2.24, 2.45) is 4.99 Å². The molecule has 0 atom stereocenters. The Morgan fingerprint density at radius 1 is 0.789 bits per heavy atom. The van der Waals surface area contributed by atoms with Gasteiger partial charge in [-0.2, -0.15) is 9.38 Å². The van der Waals surface area contributed by atoms with Gasteiger partial charge in [-0.1, -0.05) is 0 Å². The summed E-state index contributed by atoms with van der Waals surface area (Å²) in [6, 6.07) is 9.65. The third-order valence-electron chi connectivity index (χ3n) is 2.41. The summed E-state index contributed by atoms with van der Waals surface area (Å²) >= 11 is 0. The van der Waals surface area contributed by atoms with Crippen LogP contribution in [0.3, 0.4) is 0 Å². The standard InChI is InChI=1S/C14H9F3N2/c15-11-5-1-9(2-6-11)13(17)19-14(18)10-3-7-12(16)8-4-10/h1-8,18H/b18-14?,19-13-. The number of amidine groups is 1. The lowest BCUT2D eigenvalue weighted by Crippen LogP contribution is -2.01. The van der Waals surface area contributed by atoms with E-state index in [1.54, 1.807) is 0 Å². The zero-order chi connectivity index (χ0) is 13.8. The van der Waals surface area contributed by atoms with E-state index in [1.165, 1.54) is 24.3 Å². The average molecular weight is 262 g/mol. The first kappa shape index (κ1) is 13.0. The van der Waals surface area contributed by atoms with Crippen LogP contribution in [0.1, 0.15) is 11.1 Å². The van der Waals surface area contributed by atoms with Crippen LogP contribution in [0.4, 0.5) is 13.2 Å². The lowest BCUT2D eigenvalue weighted by atomic mass is 10.2. The lowest BCUT2D eigenvalue weighted by Gasteiger charge is -2.00. The molecule has 19 heavy (non-hydrogen) atoms. The first-order valence-electron chi connectivity index (χ1n) is 5.41. The molecule has 2 aromatic carbocycles. The molecule has 1 N–H and O–H groups in total. The predicted octanol–water partition coefficient (Wildman–Crippen LogP) is 3.71. The van der Waals surface area contributed by atoms with Crippen molar-refractivity contribution in [2.75, 3.05) is 0 Å². The fourth-order valence-electron chi connectivity index (χ4n) is 1.42. The molecular formula is C14H9F3N2. The van der Waals surface area contributed by atoms with Gasteiger partial charge in [-0.05, 0) is 48.5 Å². The van der Waals surface area contributed by atoms with Crippen LogP contribution in [0, 0.1) is 17.0 Å². The minimum absolute atomic E-state index is 0.0771. The van der Waals surface area contributed by atoms with Crippen LogP contribution in [0.15, 0.2) is 53.5 Å². The van der Waals surface area contributed by atoms with Crippen LogP contribution in [-0.4, -0.2) is 11.8 Å². The summed E-state index contributed by atoms with van der Waals surface area (Å²) in [7, 11) is 0. The van der Waals surface area contributed by atoms with Crippen molar-refractivity contribution in [3.05, 3.63) is 71.3 Å². The van der Waals surface area contributed by atoms with E-state index in [1.807, 2.05) is 0 Å². The molecule has 0 saturated heterocycles. The molecule has 0 spiro atoms. The highest BCUT2D eigenvalue weighted by molar-refractivity contribution is 6.07. The number of aliphatic imine (C=N–C) groups is 1. The second-order valence-corrected chi connectivity index (χ2v) is 3.77. The molecule has 0 fully saturated rings. The summed E-state index contributed by atoms with van der Waals surface area (Å²) in [5, 5.41) is 7.60. The molecule has 0 unspecified atom stereocenters. The molecule has 0 aliphatic heterocycles. The largest absolute Gasteiger partial charge is 0.282 e. The number of hydrogen-bond acceptors (Lipinski definition) is 1. The smallest absolute Gasteiger partial charge is 0.222 e. The van der Waals surface area contributed by atoms with Crippen LogP contribution in [0.25, 0.3) is 0 Å². The van der Waals surface area contributed by atoms with E-state index in [4.69, 9.17) is 5.41 Å². The van der Waals surface area contributed by atoms with Crippen molar-refractivity contribution in [3.63, 3.8) is 0 Å². The van der Waals surface area contributed by atoms with Crippen LogP contribution < -0.4 is 0 Å². The Morgan fingerprint density at radius 2 is 1.21 bits per heavy atom. The Labute approximate surface area is 107 Å². The maximum absolute atomic E-state index is 13.7. The van der Waals surface area contributed by atoms with Crippen molar-refractivity contribution >= 4 is 11.8 Å². The highest BCUT2D eigenvalue weighted by atomic mass is 19.1. The normalized spacial score (nSPS) is 11.4. The van der Waals surface area contributed by atoms with E-state index in [9.17, 15) is 13.2 Å². The molecule has 0 amide bonds. The van der Waals surface area contributed by atoms with Crippen LogP contribution >= 0.6 is 0 Å². The van der Waals surface area contributed by atoms with Crippen LogP contribution in [0.5, 0.6) is 0 Å². The number of nitrogens with zero attached hydrogens (tertiary/aromatic N) is 1. The highest BCUT2D eigenvalue weighted by Gasteiger charge is 2.06. The molecule has 0 bridgehead atoms. The fraction of sp³-hybridized carbons (Fsp3) is 0. The molecule has 0 aliphatic rings. The second kappa shape index (κ2) is 5.48. The molecule has 0 aliphatic carbocycles. The third kappa shape index (κ3) is 3.28. The summed E-state index contributed by atoms with van der Waals surface area (Å²) in [5.74, 6) is -2.15. The van der Waals surface area contributed by atoms with Crippen molar-refractivity contribution in [2.45, 2.75) is 0 Å². The van der Waals surface area contributed by atoms with Gasteiger partial charge in [-0.15, -0.1) is 0 Å². The van der Waals surface area contributed by atoms with Gasteiger partial charge in [-0.3, -0.25) is 5.41 Å². The van der Waals surface area contributed by atoms with Crippen molar-refractivity contribution in [1.29, 1.82) is 5.41 Å². The van der Waals surface area contributed by atoms with Crippen molar-refractivity contribution in [1.82, 2.24) is 0 Å². The minimum Gasteiger partial charge on any atom is -0.282 e. The van der Waals surface area contributed by atoms with Crippen molar-refractivity contribution < 1.29 is 13.2 Å². The van der Waals surface area contributed by atoms with Gasteiger partial charge in [0.05, 0.1) is 0 Å². The quantitative estimate of drug-likeness (QED) is 0.632. The zero-order valence-electron chi connectivity index (χ0n) is 9.70. The van der Waals surface area contributed by atoms with Gasteiger partial charge in [0.15, 0.2) is 5.84 Å². The van der Waals surface area contributed by atoms with Gasteiger partial charge in [0.1, 0.15) is 11.6 Å². The van der Waals surface area contributed by atoms with E-state index in [-0.39, 0.29) is 11.4 Å². The van der Waals surface area contributed by atoms with Crippen LogP contribution in [0.2, 0.25) is 0 Å². The number of nitrogens with one attached hydrogen (secondary N) is 1. The number of rotatable bonds is 2. The topological polar surface area (TPSA) is 36.2 Å². The molecule has 2 rings (SSSR count). The van der Waals surface area contributed by atoms with Gasteiger partial charge < -0.3 is 0 Å². The van der Waals surface area contributed by atoms with Gasteiger partial charge in [0.25, 0.3) is 0 Å². The zero-order valence-corrected chi connectivity index (χ0v) is 9.70. The first-order valence-corrected chi connectivity index (χ1v) is 5.41. The highest BCUT2D eigenvalue weighted by Crippen LogP contribution is 2.09. The summed E-state index contributed by atoms with van der Waals surface area (Å²) in [6.07, 6.45) is 0. The molecule has 0 radical (unpaired) electrons. The Kier molecular flexibility index (Phi) is 3.75. The van der Waals surface area contributed by atoms with Crippen LogP contribution in [-0.2, 0) is 0 Å². The Hall–Kier alpha value is -2.43. The van der Waals surface area contributed by atoms with Gasteiger partial charge in [-0.25, -0.2) is 8.78 Å². The SMILES string of the molecule is N=C(/N=C(\F)c1ccc(F)cc1)c1ccc(F)cc1. The van der Waals surface area contributed by atoms with Gasteiger partial charge in [0.2, 0.25) is 5.97 Å². The Morgan fingerprint density at radius 3 is 1.68 bits per heavy atom. The fourth-order valence-corrected chi connectivity index (χ4v) is 1.42. The molecule has 2 aromatic rings. The summed E-state index contributed by atoms with van der Waals surface area (Å²) < 4.78 is 39.1. The van der Waals surface area contributed by atoms with Crippen molar-refractivity contribution in [3.8, 4) is 0 Å². The van der Waals surface area contributed by atoms with Gasteiger partial charge in [0, 0.05) is 11.1 Å². The summed E-state index contributed by atoms with van der Waals surface area (Å²) in [5.41, 5.74) is 0.368. The molecule has 5 heteroatoms. The predicted molar refractivity (Wildman–Crippen MR) is 67.3 cm³/mol. The van der Waals surface area contributed by atoms with E-state index in [0.29, 0.717) is 5.56 Å². The second-order valence-electron chi connectivity index (χ2n) is 3.77. The Balaban J connectivity index is 2.22. The summed E-state index contributed by atoms with van der Waals surface area (Å²) in [4.78, 5) is 3.47.